The number of rotatable bonds is 6. The van der Waals surface area contributed by atoms with Gasteiger partial charge in [-0.1, -0.05) is 40.2 Å². The summed E-state index contributed by atoms with van der Waals surface area (Å²) in [5.41, 5.74) is 3.99. The number of nitrogens with zero attached hydrogens (tertiary/aromatic N) is 2. The van der Waals surface area contributed by atoms with Crippen LogP contribution in [-0.4, -0.2) is 22.5 Å². The number of thioether (sulfide) groups is 1. The van der Waals surface area contributed by atoms with Gasteiger partial charge in [0.05, 0.1) is 17.6 Å². The van der Waals surface area contributed by atoms with E-state index in [-0.39, 0.29) is 5.97 Å². The van der Waals surface area contributed by atoms with Crippen molar-refractivity contribution in [1.29, 1.82) is 0 Å². The van der Waals surface area contributed by atoms with E-state index in [0.717, 1.165) is 42.2 Å². The first-order valence-corrected chi connectivity index (χ1v) is 11.7. The molecular formula is C22H17BrN2O2S2. The molecule has 0 atom stereocenters. The van der Waals surface area contributed by atoms with Crippen LogP contribution in [0.1, 0.15) is 22.8 Å². The molecule has 0 aliphatic carbocycles. The summed E-state index contributed by atoms with van der Waals surface area (Å²) < 4.78 is 6.09. The molecule has 0 unspecified atom stereocenters. The van der Waals surface area contributed by atoms with E-state index in [4.69, 9.17) is 4.74 Å². The molecule has 0 aliphatic rings. The quantitative estimate of drug-likeness (QED) is 0.175. The van der Waals surface area contributed by atoms with Crippen molar-refractivity contribution in [1.82, 2.24) is 9.97 Å². The number of hydrogen-bond donors (Lipinski definition) is 0. The van der Waals surface area contributed by atoms with Crippen LogP contribution in [-0.2, 0) is 10.5 Å². The molecule has 2 aromatic carbocycles. The predicted octanol–water partition coefficient (Wildman–Crippen LogP) is 6.59. The normalized spacial score (nSPS) is 11.0. The molecule has 4 aromatic rings. The molecule has 0 N–H and O–H groups in total. The molecule has 0 aliphatic heterocycles. The topological polar surface area (TPSA) is 52.1 Å². The van der Waals surface area contributed by atoms with Crippen molar-refractivity contribution in [3.05, 3.63) is 75.8 Å². The number of ether oxygens (including phenoxy) is 1. The van der Waals surface area contributed by atoms with E-state index in [1.54, 1.807) is 48.5 Å². The average Bonchev–Trinajstić information content (AvgIpc) is 3.18. The molecule has 0 fully saturated rings. The lowest BCUT2D eigenvalue weighted by Gasteiger charge is -2.07. The summed E-state index contributed by atoms with van der Waals surface area (Å²) in [6.45, 7) is 2.18. The van der Waals surface area contributed by atoms with Gasteiger partial charge in [-0.2, -0.15) is 0 Å². The number of benzene rings is 2. The van der Waals surface area contributed by atoms with E-state index in [2.05, 4.69) is 43.4 Å². The highest BCUT2D eigenvalue weighted by atomic mass is 79.9. The number of fused-ring (bicyclic) bond motifs is 1. The van der Waals surface area contributed by atoms with Gasteiger partial charge in [-0.15, -0.1) is 23.1 Å². The van der Waals surface area contributed by atoms with Gasteiger partial charge < -0.3 is 4.74 Å². The zero-order valence-corrected chi connectivity index (χ0v) is 18.8. The van der Waals surface area contributed by atoms with E-state index >= 15 is 0 Å². The van der Waals surface area contributed by atoms with Gasteiger partial charge >= 0.3 is 5.97 Å². The van der Waals surface area contributed by atoms with Crippen LogP contribution in [0.5, 0.6) is 0 Å². The van der Waals surface area contributed by atoms with Gasteiger partial charge in [0.1, 0.15) is 16.2 Å². The second-order valence-corrected chi connectivity index (χ2v) is 8.96. The maximum absolute atomic E-state index is 11.8. The van der Waals surface area contributed by atoms with Gasteiger partial charge in [-0.05, 0) is 42.3 Å². The fraction of sp³-hybridized carbons (Fsp3) is 0.136. The Balaban J connectivity index is 1.58. The van der Waals surface area contributed by atoms with E-state index in [1.807, 2.05) is 24.3 Å². The lowest BCUT2D eigenvalue weighted by atomic mass is 10.1. The van der Waals surface area contributed by atoms with Gasteiger partial charge in [-0.25, -0.2) is 14.8 Å². The van der Waals surface area contributed by atoms with Crippen LogP contribution in [0, 0.1) is 0 Å². The van der Waals surface area contributed by atoms with Crippen molar-refractivity contribution in [3.8, 4) is 11.1 Å². The van der Waals surface area contributed by atoms with E-state index in [9.17, 15) is 4.79 Å². The highest BCUT2D eigenvalue weighted by molar-refractivity contribution is 9.10. The van der Waals surface area contributed by atoms with Gasteiger partial charge in [-0.3, -0.25) is 0 Å². The summed E-state index contributed by atoms with van der Waals surface area (Å²) >= 11 is 6.80. The van der Waals surface area contributed by atoms with Crippen LogP contribution in [0.4, 0.5) is 0 Å². The molecule has 2 aromatic heterocycles. The summed E-state index contributed by atoms with van der Waals surface area (Å²) in [6.07, 6.45) is 1.62. The molecular weight excluding hydrogens is 468 g/mol. The highest BCUT2D eigenvalue weighted by Gasteiger charge is 2.14. The zero-order valence-electron chi connectivity index (χ0n) is 15.6. The molecule has 29 heavy (non-hydrogen) atoms. The second-order valence-electron chi connectivity index (χ2n) is 6.22. The number of halogens is 1. The Morgan fingerprint density at radius 3 is 2.59 bits per heavy atom. The lowest BCUT2D eigenvalue weighted by molar-refractivity contribution is 0.0526. The summed E-state index contributed by atoms with van der Waals surface area (Å²) in [4.78, 5) is 21.8. The van der Waals surface area contributed by atoms with Crippen LogP contribution in [0.25, 0.3) is 21.3 Å². The number of esters is 1. The average molecular weight is 485 g/mol. The second kappa shape index (κ2) is 9.07. The van der Waals surface area contributed by atoms with E-state index in [1.165, 1.54) is 0 Å². The van der Waals surface area contributed by atoms with Crippen LogP contribution in [0.15, 0.2) is 69.7 Å². The van der Waals surface area contributed by atoms with E-state index < -0.39 is 0 Å². The molecule has 0 spiro atoms. The zero-order chi connectivity index (χ0) is 20.2. The van der Waals surface area contributed by atoms with Crippen molar-refractivity contribution in [2.45, 2.75) is 17.7 Å². The largest absolute Gasteiger partial charge is 0.462 e. The molecule has 0 radical (unpaired) electrons. The summed E-state index contributed by atoms with van der Waals surface area (Å²) in [6, 6.07) is 15.8. The van der Waals surface area contributed by atoms with Gasteiger partial charge in [0.2, 0.25) is 0 Å². The molecule has 4 nitrogen and oxygen atoms in total. The number of hydrogen-bond acceptors (Lipinski definition) is 6. The van der Waals surface area contributed by atoms with Crippen LogP contribution in [0.3, 0.4) is 0 Å². The number of aromatic nitrogens is 2. The van der Waals surface area contributed by atoms with Crippen molar-refractivity contribution in [2.24, 2.45) is 0 Å². The Labute approximate surface area is 185 Å². The molecule has 2 heterocycles. The molecule has 146 valence electrons. The maximum atomic E-state index is 11.8. The summed E-state index contributed by atoms with van der Waals surface area (Å²) in [5, 5.41) is 4.19. The van der Waals surface area contributed by atoms with Crippen molar-refractivity contribution < 1.29 is 9.53 Å². The Bertz CT molecular complexity index is 1140. The first-order valence-electron chi connectivity index (χ1n) is 9.02. The standard InChI is InChI=1S/C22H17BrN2O2S2/c1-2-27-22(26)16-5-3-14(4-6-16)11-28-20-19-18(12-29-21(19)25-13-24-20)15-7-9-17(23)10-8-15/h3-10,12-13H,2,11H2,1H3. The molecule has 7 heteroatoms. The van der Waals surface area contributed by atoms with Crippen LogP contribution >= 0.6 is 39.0 Å². The lowest BCUT2D eigenvalue weighted by Crippen LogP contribution is -2.04. The number of thiophene rings is 1. The van der Waals surface area contributed by atoms with Crippen molar-refractivity contribution in [3.63, 3.8) is 0 Å². The predicted molar refractivity (Wildman–Crippen MR) is 123 cm³/mol. The monoisotopic (exact) mass is 484 g/mol. The molecule has 0 saturated heterocycles. The van der Waals surface area contributed by atoms with Crippen molar-refractivity contribution >= 4 is 55.2 Å². The fourth-order valence-corrected chi connectivity index (χ4v) is 5.12. The van der Waals surface area contributed by atoms with Gasteiger partial charge in [0.25, 0.3) is 0 Å². The van der Waals surface area contributed by atoms with Crippen LogP contribution in [0.2, 0.25) is 0 Å². The van der Waals surface area contributed by atoms with Gasteiger partial charge in [0.15, 0.2) is 0 Å². The Kier molecular flexibility index (Phi) is 6.28. The SMILES string of the molecule is CCOC(=O)c1ccc(CSc2ncnc3scc(-c4ccc(Br)cc4)c23)cc1. The third kappa shape index (κ3) is 4.52. The number of carbonyl (C=O) groups is 1. The smallest absolute Gasteiger partial charge is 0.338 e. The fourth-order valence-electron chi connectivity index (χ4n) is 2.90. The first kappa shape index (κ1) is 20.1. The minimum absolute atomic E-state index is 0.290. The summed E-state index contributed by atoms with van der Waals surface area (Å²) in [7, 11) is 0. The van der Waals surface area contributed by atoms with Crippen molar-refractivity contribution in [2.75, 3.05) is 6.61 Å². The molecule has 4 rings (SSSR count). The number of carbonyl (C=O) groups excluding carboxylic acids is 1. The minimum atomic E-state index is -0.290. The summed E-state index contributed by atoms with van der Waals surface area (Å²) in [5.74, 6) is 0.465. The minimum Gasteiger partial charge on any atom is -0.462 e. The first-order chi connectivity index (χ1) is 14.2. The Morgan fingerprint density at radius 2 is 1.86 bits per heavy atom. The highest BCUT2D eigenvalue weighted by Crippen LogP contribution is 2.38. The Morgan fingerprint density at radius 1 is 1.10 bits per heavy atom. The third-order valence-corrected chi connectivity index (χ3v) is 6.81. The molecule has 0 saturated carbocycles. The van der Waals surface area contributed by atoms with Gasteiger partial charge in [0, 0.05) is 21.2 Å². The van der Waals surface area contributed by atoms with E-state index in [0.29, 0.717) is 12.2 Å². The third-order valence-electron chi connectivity index (χ3n) is 4.33. The molecule has 0 amide bonds. The maximum Gasteiger partial charge on any atom is 0.338 e. The Hall–Kier alpha value is -2.22. The van der Waals surface area contributed by atoms with Crippen LogP contribution < -0.4 is 0 Å². The molecule has 0 bridgehead atoms.